The zero-order valence-electron chi connectivity index (χ0n) is 11.7. The zero-order valence-corrected chi connectivity index (χ0v) is 13.3. The van der Waals surface area contributed by atoms with E-state index in [0.717, 1.165) is 15.6 Å². The number of methoxy groups -OCH3 is 2. The van der Waals surface area contributed by atoms with Gasteiger partial charge in [-0.15, -0.1) is 0 Å². The van der Waals surface area contributed by atoms with Crippen molar-refractivity contribution in [3.63, 3.8) is 0 Å². The smallest absolute Gasteiger partial charge is 0.224 e. The normalized spacial score (nSPS) is 10.5. The highest BCUT2D eigenvalue weighted by Crippen LogP contribution is 2.23. The number of nitrogens with zero attached hydrogens (tertiary/aromatic N) is 2. The molecule has 0 aliphatic rings. The van der Waals surface area contributed by atoms with E-state index in [-0.39, 0.29) is 5.82 Å². The molecule has 0 unspecified atom stereocenters. The largest absolute Gasteiger partial charge is 0.481 e. The third-order valence-corrected chi connectivity index (χ3v) is 3.65. The predicted molar refractivity (Wildman–Crippen MR) is 79.8 cm³/mol. The third-order valence-electron chi connectivity index (χ3n) is 2.88. The van der Waals surface area contributed by atoms with Crippen molar-refractivity contribution < 1.29 is 13.9 Å². The van der Waals surface area contributed by atoms with Crippen LogP contribution in [0.25, 0.3) is 0 Å². The van der Waals surface area contributed by atoms with E-state index in [4.69, 9.17) is 9.47 Å². The summed E-state index contributed by atoms with van der Waals surface area (Å²) in [7, 11) is 3.07. The molecule has 1 heterocycles. The van der Waals surface area contributed by atoms with Crippen molar-refractivity contribution in [3.8, 4) is 11.8 Å². The van der Waals surface area contributed by atoms with Gasteiger partial charge in [0.2, 0.25) is 11.8 Å². The average molecular weight is 356 g/mol. The minimum atomic E-state index is -0.270. The Labute approximate surface area is 130 Å². The lowest BCUT2D eigenvalue weighted by Crippen LogP contribution is -2.15. The molecule has 0 radical (unpaired) electrons. The van der Waals surface area contributed by atoms with Gasteiger partial charge >= 0.3 is 0 Å². The maximum Gasteiger partial charge on any atom is 0.224 e. The van der Waals surface area contributed by atoms with Gasteiger partial charge in [0.25, 0.3) is 0 Å². The van der Waals surface area contributed by atoms with Gasteiger partial charge in [0.05, 0.1) is 19.8 Å². The van der Waals surface area contributed by atoms with Gasteiger partial charge in [-0.3, -0.25) is 0 Å². The quantitative estimate of drug-likeness (QED) is 0.863. The van der Waals surface area contributed by atoms with E-state index in [1.54, 1.807) is 6.07 Å². The topological polar surface area (TPSA) is 56.3 Å². The first-order valence-electron chi connectivity index (χ1n) is 6.22. The molecule has 2 rings (SSSR count). The molecule has 1 aromatic carbocycles. The number of hydrogen-bond donors (Lipinski definition) is 1. The zero-order chi connectivity index (χ0) is 15.2. The van der Waals surface area contributed by atoms with Crippen molar-refractivity contribution >= 4 is 15.9 Å². The Kier molecular flexibility index (Phi) is 5.46. The molecule has 2 aromatic rings. The Morgan fingerprint density at radius 1 is 1.14 bits per heavy atom. The van der Waals surface area contributed by atoms with Crippen LogP contribution in [0.2, 0.25) is 0 Å². The summed E-state index contributed by atoms with van der Waals surface area (Å²) < 4.78 is 24.5. The van der Waals surface area contributed by atoms with Crippen molar-refractivity contribution in [2.24, 2.45) is 0 Å². The molecule has 0 atom stereocenters. The van der Waals surface area contributed by atoms with Gasteiger partial charge < -0.3 is 14.8 Å². The average Bonchev–Trinajstić information content (AvgIpc) is 2.50. The van der Waals surface area contributed by atoms with E-state index in [1.165, 1.54) is 32.7 Å². The van der Waals surface area contributed by atoms with E-state index >= 15 is 0 Å². The number of halogens is 2. The molecule has 112 valence electrons. The molecule has 5 nitrogen and oxygen atoms in total. The van der Waals surface area contributed by atoms with Gasteiger partial charge in [0, 0.05) is 17.6 Å². The number of nitrogens with one attached hydrogen (secondary N) is 1. The van der Waals surface area contributed by atoms with Crippen LogP contribution in [0.1, 0.15) is 11.1 Å². The first-order chi connectivity index (χ1) is 10.2. The Morgan fingerprint density at radius 2 is 1.81 bits per heavy atom. The molecule has 0 saturated carbocycles. The van der Waals surface area contributed by atoms with Crippen molar-refractivity contribution in [3.05, 3.63) is 45.9 Å². The fourth-order valence-electron chi connectivity index (χ4n) is 1.89. The highest BCUT2D eigenvalue weighted by molar-refractivity contribution is 9.10. The summed E-state index contributed by atoms with van der Waals surface area (Å²) in [4.78, 5) is 8.08. The monoisotopic (exact) mass is 355 g/mol. The molecule has 0 saturated heterocycles. The second-order valence-electron chi connectivity index (χ2n) is 4.21. The number of benzene rings is 1. The Morgan fingerprint density at radius 3 is 2.43 bits per heavy atom. The molecule has 1 aromatic heterocycles. The van der Waals surface area contributed by atoms with Gasteiger partial charge in [-0.25, -0.2) is 14.4 Å². The van der Waals surface area contributed by atoms with E-state index < -0.39 is 0 Å². The number of hydrogen-bond acceptors (Lipinski definition) is 5. The first-order valence-corrected chi connectivity index (χ1v) is 7.01. The van der Waals surface area contributed by atoms with E-state index in [0.29, 0.717) is 24.8 Å². The fraction of sp³-hybridized carbons (Fsp3) is 0.286. The lowest BCUT2D eigenvalue weighted by Gasteiger charge is -2.12. The molecule has 1 N–H and O–H groups in total. The highest BCUT2D eigenvalue weighted by atomic mass is 79.9. The van der Waals surface area contributed by atoms with Gasteiger partial charge in [-0.1, -0.05) is 15.9 Å². The van der Waals surface area contributed by atoms with Gasteiger partial charge in [0.1, 0.15) is 12.1 Å². The molecule has 0 amide bonds. The summed E-state index contributed by atoms with van der Waals surface area (Å²) in [6.07, 6.45) is 1.38. The van der Waals surface area contributed by atoms with Crippen LogP contribution in [-0.2, 0) is 13.1 Å². The van der Waals surface area contributed by atoms with Crippen LogP contribution in [0, 0.1) is 5.82 Å². The second-order valence-corrected chi connectivity index (χ2v) is 5.06. The number of ether oxygens (including phenoxy) is 2. The van der Waals surface area contributed by atoms with Crippen LogP contribution in [0.5, 0.6) is 11.8 Å². The van der Waals surface area contributed by atoms with Gasteiger partial charge in [-0.2, -0.15) is 0 Å². The molecule has 0 spiro atoms. The molecule has 21 heavy (non-hydrogen) atoms. The molecule has 0 aliphatic carbocycles. The van der Waals surface area contributed by atoms with E-state index in [1.807, 2.05) is 0 Å². The highest BCUT2D eigenvalue weighted by Gasteiger charge is 2.12. The first kappa shape index (κ1) is 15.7. The molecule has 7 heteroatoms. The van der Waals surface area contributed by atoms with Crippen molar-refractivity contribution in [2.75, 3.05) is 14.2 Å². The lowest BCUT2D eigenvalue weighted by atomic mass is 10.2. The summed E-state index contributed by atoms with van der Waals surface area (Å²) >= 11 is 3.39. The van der Waals surface area contributed by atoms with Crippen LogP contribution in [0.15, 0.2) is 29.0 Å². The maximum absolute atomic E-state index is 13.2. The minimum Gasteiger partial charge on any atom is -0.481 e. The molecule has 0 aliphatic heterocycles. The SMILES string of the molecule is COc1ncnc(OC)c1CNCc1cc(F)ccc1Br. The Balaban J connectivity index is 2.08. The Bertz CT molecular complexity index is 603. The van der Waals surface area contributed by atoms with Gasteiger partial charge in [-0.05, 0) is 23.8 Å². The molecular weight excluding hydrogens is 341 g/mol. The summed E-state index contributed by atoms with van der Waals surface area (Å²) in [6, 6.07) is 4.57. The van der Waals surface area contributed by atoms with Gasteiger partial charge in [0.15, 0.2) is 0 Å². The summed E-state index contributed by atoms with van der Waals surface area (Å²) in [6.45, 7) is 0.926. The maximum atomic E-state index is 13.2. The van der Waals surface area contributed by atoms with Crippen LogP contribution in [0.4, 0.5) is 4.39 Å². The molecule has 0 fully saturated rings. The summed E-state index contributed by atoms with van der Waals surface area (Å²) in [5, 5.41) is 3.20. The van der Waals surface area contributed by atoms with E-state index in [9.17, 15) is 4.39 Å². The van der Waals surface area contributed by atoms with Crippen LogP contribution >= 0.6 is 15.9 Å². The Hall–Kier alpha value is -1.73. The fourth-order valence-corrected chi connectivity index (χ4v) is 2.27. The van der Waals surface area contributed by atoms with Crippen LogP contribution in [-0.4, -0.2) is 24.2 Å². The van der Waals surface area contributed by atoms with Crippen LogP contribution < -0.4 is 14.8 Å². The predicted octanol–water partition coefficient (Wildman–Crippen LogP) is 2.69. The van der Waals surface area contributed by atoms with Crippen LogP contribution in [0.3, 0.4) is 0 Å². The van der Waals surface area contributed by atoms with Crippen molar-refractivity contribution in [1.29, 1.82) is 0 Å². The summed E-state index contributed by atoms with van der Waals surface area (Å²) in [5.41, 5.74) is 1.54. The number of aromatic nitrogens is 2. The molecule has 0 bridgehead atoms. The molecular formula is C14H15BrFN3O2. The summed E-state index contributed by atoms with van der Waals surface area (Å²) in [5.74, 6) is 0.633. The van der Waals surface area contributed by atoms with Crippen molar-refractivity contribution in [2.45, 2.75) is 13.1 Å². The van der Waals surface area contributed by atoms with Crippen molar-refractivity contribution in [1.82, 2.24) is 15.3 Å². The van der Waals surface area contributed by atoms with E-state index in [2.05, 4.69) is 31.2 Å². The lowest BCUT2D eigenvalue weighted by molar-refractivity contribution is 0.359. The standard InChI is InChI=1S/C14H15BrFN3O2/c1-20-13-11(14(21-2)19-8-18-13)7-17-6-9-5-10(16)3-4-12(9)15/h3-5,8,17H,6-7H2,1-2H3. The second kappa shape index (κ2) is 7.33. The number of rotatable bonds is 6. The minimum absolute atomic E-state index is 0.270. The third kappa shape index (κ3) is 3.89.